The number of hydrogen-bond donors (Lipinski definition) is 2. The number of carbonyl (C=O) groups is 1. The first-order chi connectivity index (χ1) is 8.35. The van der Waals surface area contributed by atoms with E-state index in [-0.39, 0.29) is 23.7 Å². The third-order valence-corrected chi connectivity index (χ3v) is 5.92. The van der Waals surface area contributed by atoms with Gasteiger partial charge in [0.15, 0.2) is 5.78 Å². The number of carbonyl (C=O) groups excluding carboxylic acids is 1. The van der Waals surface area contributed by atoms with Gasteiger partial charge in [0.05, 0.1) is 12.7 Å². The minimum absolute atomic E-state index is 0.00495. The molecule has 0 radical (unpaired) electrons. The van der Waals surface area contributed by atoms with Crippen LogP contribution in [0, 0.1) is 22.7 Å². The van der Waals surface area contributed by atoms with E-state index in [1.807, 2.05) is 13.8 Å². The van der Waals surface area contributed by atoms with Crippen LogP contribution in [0.25, 0.3) is 0 Å². The topological polar surface area (TPSA) is 57.5 Å². The molecule has 0 bridgehead atoms. The molecule has 100 valence electrons. The lowest BCUT2D eigenvalue weighted by Gasteiger charge is -2.55. The third kappa shape index (κ3) is 1.19. The van der Waals surface area contributed by atoms with Gasteiger partial charge in [-0.1, -0.05) is 20.8 Å². The first-order valence-electron chi connectivity index (χ1n) is 6.92. The fourth-order valence-electron chi connectivity index (χ4n) is 4.47. The van der Waals surface area contributed by atoms with Crippen LogP contribution in [0.2, 0.25) is 0 Å². The summed E-state index contributed by atoms with van der Waals surface area (Å²) in [6.07, 6.45) is 2.03. The van der Waals surface area contributed by atoms with Crippen molar-refractivity contribution in [1.82, 2.24) is 0 Å². The van der Waals surface area contributed by atoms with Crippen LogP contribution in [0.3, 0.4) is 0 Å². The van der Waals surface area contributed by atoms with Crippen molar-refractivity contribution in [3.05, 3.63) is 11.1 Å². The van der Waals surface area contributed by atoms with Gasteiger partial charge >= 0.3 is 0 Å². The van der Waals surface area contributed by atoms with Gasteiger partial charge in [-0.15, -0.1) is 0 Å². The minimum atomic E-state index is -0.651. The predicted octanol–water partition coefficient (Wildman–Crippen LogP) is 1.68. The van der Waals surface area contributed by atoms with Crippen LogP contribution in [0.5, 0.6) is 0 Å². The van der Waals surface area contributed by atoms with Gasteiger partial charge in [0.25, 0.3) is 0 Å². The highest BCUT2D eigenvalue weighted by molar-refractivity contribution is 6.00. The molecule has 3 aliphatic rings. The molecule has 3 nitrogen and oxygen atoms in total. The standard InChI is InChI=1S/C15H22O3/c1-8-10-4-5-15(10,3)11-9(12(8)17)6-14(2,7-16)13(11)18/h8,10,13,16,18H,4-7H2,1-3H3/t8-,10+,13-,14+,15+/m1/s1. The second kappa shape index (κ2) is 3.45. The van der Waals surface area contributed by atoms with Gasteiger partial charge in [-0.05, 0) is 41.7 Å². The number of aliphatic hydroxyl groups is 2. The summed E-state index contributed by atoms with van der Waals surface area (Å²) in [4.78, 5) is 12.4. The average molecular weight is 250 g/mol. The van der Waals surface area contributed by atoms with E-state index in [0.29, 0.717) is 12.3 Å². The van der Waals surface area contributed by atoms with Crippen molar-refractivity contribution in [3.8, 4) is 0 Å². The summed E-state index contributed by atoms with van der Waals surface area (Å²) in [5, 5.41) is 20.1. The van der Waals surface area contributed by atoms with Crippen molar-refractivity contribution >= 4 is 5.78 Å². The highest BCUT2D eigenvalue weighted by atomic mass is 16.3. The van der Waals surface area contributed by atoms with E-state index in [1.54, 1.807) is 0 Å². The van der Waals surface area contributed by atoms with Crippen molar-refractivity contribution in [3.63, 3.8) is 0 Å². The highest BCUT2D eigenvalue weighted by Gasteiger charge is 2.61. The molecule has 1 fully saturated rings. The van der Waals surface area contributed by atoms with E-state index in [0.717, 1.165) is 24.0 Å². The van der Waals surface area contributed by atoms with E-state index in [4.69, 9.17) is 0 Å². The molecular formula is C15H22O3. The quantitative estimate of drug-likeness (QED) is 0.744. The van der Waals surface area contributed by atoms with Crippen LogP contribution in [0.4, 0.5) is 0 Å². The van der Waals surface area contributed by atoms with Gasteiger partial charge < -0.3 is 10.2 Å². The molecule has 3 heteroatoms. The normalized spacial score (nSPS) is 50.9. The van der Waals surface area contributed by atoms with Crippen molar-refractivity contribution < 1.29 is 15.0 Å². The van der Waals surface area contributed by atoms with E-state index in [1.165, 1.54) is 0 Å². The van der Waals surface area contributed by atoms with Crippen LogP contribution < -0.4 is 0 Å². The maximum atomic E-state index is 12.4. The molecule has 3 aliphatic carbocycles. The number of ketones is 1. The number of aliphatic hydroxyl groups excluding tert-OH is 2. The van der Waals surface area contributed by atoms with Gasteiger partial charge in [0, 0.05) is 11.3 Å². The molecule has 0 heterocycles. The summed E-state index contributed by atoms with van der Waals surface area (Å²) < 4.78 is 0. The zero-order chi connectivity index (χ0) is 13.3. The Hall–Kier alpha value is -0.670. The monoisotopic (exact) mass is 250 g/mol. The first kappa shape index (κ1) is 12.4. The lowest BCUT2D eigenvalue weighted by Crippen LogP contribution is -2.51. The molecule has 0 aromatic heterocycles. The molecule has 5 atom stereocenters. The van der Waals surface area contributed by atoms with Crippen molar-refractivity contribution in [1.29, 1.82) is 0 Å². The Labute approximate surface area is 108 Å². The van der Waals surface area contributed by atoms with Crippen molar-refractivity contribution in [2.45, 2.75) is 46.1 Å². The van der Waals surface area contributed by atoms with Crippen LogP contribution in [-0.2, 0) is 4.79 Å². The summed E-state index contributed by atoms with van der Waals surface area (Å²) in [6.45, 7) is 6.02. The number of rotatable bonds is 1. The highest BCUT2D eigenvalue weighted by Crippen LogP contribution is 2.64. The molecule has 0 saturated heterocycles. The van der Waals surface area contributed by atoms with Gasteiger partial charge in [0.1, 0.15) is 0 Å². The molecular weight excluding hydrogens is 228 g/mol. The summed E-state index contributed by atoms with van der Waals surface area (Å²) in [7, 11) is 0. The van der Waals surface area contributed by atoms with Gasteiger partial charge in [0.2, 0.25) is 0 Å². The summed E-state index contributed by atoms with van der Waals surface area (Å²) in [5.41, 5.74) is 1.21. The average Bonchev–Trinajstić information content (AvgIpc) is 2.59. The zero-order valence-electron chi connectivity index (χ0n) is 11.4. The number of Topliss-reactive ketones (excluding diaryl/α,β-unsaturated/α-hetero) is 1. The van der Waals surface area contributed by atoms with E-state index in [9.17, 15) is 15.0 Å². The predicted molar refractivity (Wildman–Crippen MR) is 67.8 cm³/mol. The molecule has 18 heavy (non-hydrogen) atoms. The Morgan fingerprint density at radius 3 is 2.56 bits per heavy atom. The Kier molecular flexibility index (Phi) is 2.37. The number of hydrogen-bond acceptors (Lipinski definition) is 3. The second-order valence-electron chi connectivity index (χ2n) is 7.00. The molecule has 0 unspecified atom stereocenters. The van der Waals surface area contributed by atoms with E-state index in [2.05, 4.69) is 6.92 Å². The zero-order valence-corrected chi connectivity index (χ0v) is 11.4. The van der Waals surface area contributed by atoms with Crippen molar-refractivity contribution in [2.24, 2.45) is 22.7 Å². The molecule has 2 N–H and O–H groups in total. The maximum absolute atomic E-state index is 12.4. The second-order valence-corrected chi connectivity index (χ2v) is 7.00. The number of allylic oxidation sites excluding steroid dienone is 1. The Bertz CT molecular complexity index is 453. The van der Waals surface area contributed by atoms with Crippen molar-refractivity contribution in [2.75, 3.05) is 6.61 Å². The smallest absolute Gasteiger partial charge is 0.162 e. The fourth-order valence-corrected chi connectivity index (χ4v) is 4.47. The number of fused-ring (bicyclic) bond motifs is 2. The Morgan fingerprint density at radius 2 is 2.06 bits per heavy atom. The molecule has 0 aliphatic heterocycles. The van der Waals surface area contributed by atoms with E-state index >= 15 is 0 Å². The Morgan fingerprint density at radius 1 is 1.39 bits per heavy atom. The molecule has 3 rings (SSSR count). The van der Waals surface area contributed by atoms with E-state index < -0.39 is 11.5 Å². The fraction of sp³-hybridized carbons (Fsp3) is 0.800. The van der Waals surface area contributed by atoms with Crippen LogP contribution in [-0.4, -0.2) is 28.7 Å². The first-order valence-corrected chi connectivity index (χ1v) is 6.92. The maximum Gasteiger partial charge on any atom is 0.162 e. The van der Waals surface area contributed by atoms with Gasteiger partial charge in [-0.3, -0.25) is 4.79 Å². The van der Waals surface area contributed by atoms with Crippen LogP contribution >= 0.6 is 0 Å². The summed E-state index contributed by atoms with van der Waals surface area (Å²) in [5.74, 6) is 0.679. The molecule has 0 amide bonds. The Balaban J connectivity index is 2.11. The van der Waals surface area contributed by atoms with Crippen LogP contribution in [0.15, 0.2) is 11.1 Å². The lowest BCUT2D eigenvalue weighted by atomic mass is 9.49. The largest absolute Gasteiger partial charge is 0.396 e. The summed E-state index contributed by atoms with van der Waals surface area (Å²) >= 11 is 0. The van der Waals surface area contributed by atoms with Gasteiger partial charge in [-0.25, -0.2) is 0 Å². The molecule has 0 aromatic carbocycles. The van der Waals surface area contributed by atoms with Gasteiger partial charge in [-0.2, -0.15) is 0 Å². The summed E-state index contributed by atoms with van der Waals surface area (Å²) in [6, 6.07) is 0. The third-order valence-electron chi connectivity index (χ3n) is 5.92. The molecule has 1 saturated carbocycles. The SMILES string of the molecule is C[C@H]1C(=O)C2=C([C@@H](O)[C@](C)(CO)C2)[C@@]2(C)CC[C@@H]12. The molecule has 0 aromatic rings. The minimum Gasteiger partial charge on any atom is -0.396 e. The van der Waals surface area contributed by atoms with Crippen LogP contribution in [0.1, 0.15) is 40.0 Å². The lowest BCUT2D eigenvalue weighted by molar-refractivity contribution is -0.127. The molecule has 0 spiro atoms.